The number of hydrogen-bond acceptors (Lipinski definition) is 6. The molecule has 0 aliphatic carbocycles. The first-order valence-electron chi connectivity index (χ1n) is 8.14. The summed E-state index contributed by atoms with van der Waals surface area (Å²) in [5.74, 6) is 0.777. The molecule has 0 bridgehead atoms. The standard InChI is InChI=1S/C16H21N5O2S/c1-2-23-13-8-6-12(7-9-13)17-14(22)18-15-19-20-16(24-15)21-10-4-3-5-11-21/h6-9H,2-5,10-11H2,1H3,(H2,17,18,19,22). The van der Waals surface area contributed by atoms with Crippen LogP contribution in [-0.4, -0.2) is 35.9 Å². The number of nitrogens with one attached hydrogen (secondary N) is 2. The minimum absolute atomic E-state index is 0.333. The van der Waals surface area contributed by atoms with E-state index < -0.39 is 0 Å². The first-order chi connectivity index (χ1) is 11.7. The molecule has 0 spiro atoms. The fraction of sp³-hybridized carbons (Fsp3) is 0.438. The number of anilines is 3. The van der Waals surface area contributed by atoms with E-state index in [0.717, 1.165) is 24.0 Å². The van der Waals surface area contributed by atoms with Crippen LogP contribution in [0, 0.1) is 0 Å². The summed E-state index contributed by atoms with van der Waals surface area (Å²) in [5, 5.41) is 15.1. The smallest absolute Gasteiger partial charge is 0.325 e. The van der Waals surface area contributed by atoms with E-state index in [0.29, 0.717) is 17.4 Å². The number of carbonyl (C=O) groups excluding carboxylic acids is 1. The van der Waals surface area contributed by atoms with Crippen LogP contribution in [0.5, 0.6) is 5.75 Å². The summed E-state index contributed by atoms with van der Waals surface area (Å²) in [6.45, 7) is 4.56. The van der Waals surface area contributed by atoms with Crippen molar-refractivity contribution in [3.8, 4) is 5.75 Å². The molecule has 0 saturated carbocycles. The quantitative estimate of drug-likeness (QED) is 0.864. The van der Waals surface area contributed by atoms with Crippen LogP contribution in [0.25, 0.3) is 0 Å². The Bertz CT molecular complexity index is 667. The lowest BCUT2D eigenvalue weighted by molar-refractivity contribution is 0.262. The molecule has 2 N–H and O–H groups in total. The number of urea groups is 1. The van der Waals surface area contributed by atoms with Crippen molar-refractivity contribution < 1.29 is 9.53 Å². The minimum Gasteiger partial charge on any atom is -0.494 e. The number of nitrogens with zero attached hydrogens (tertiary/aromatic N) is 3. The minimum atomic E-state index is -0.333. The number of piperidine rings is 1. The predicted molar refractivity (Wildman–Crippen MR) is 96.2 cm³/mol. The number of amides is 2. The Morgan fingerprint density at radius 1 is 1.17 bits per heavy atom. The molecule has 1 saturated heterocycles. The van der Waals surface area contributed by atoms with E-state index in [4.69, 9.17) is 4.74 Å². The highest BCUT2D eigenvalue weighted by Crippen LogP contribution is 2.26. The zero-order valence-corrected chi connectivity index (χ0v) is 14.4. The van der Waals surface area contributed by atoms with Gasteiger partial charge in [-0.2, -0.15) is 0 Å². The number of rotatable bonds is 5. The Morgan fingerprint density at radius 3 is 2.62 bits per heavy atom. The topological polar surface area (TPSA) is 79.4 Å². The maximum atomic E-state index is 12.0. The average Bonchev–Trinajstić information content (AvgIpc) is 3.06. The summed E-state index contributed by atoms with van der Waals surface area (Å²) in [4.78, 5) is 14.3. The van der Waals surface area contributed by atoms with Gasteiger partial charge in [-0.05, 0) is 50.5 Å². The second-order valence-corrected chi connectivity index (χ2v) is 6.43. The molecule has 0 unspecified atom stereocenters. The van der Waals surface area contributed by atoms with Crippen molar-refractivity contribution in [2.75, 3.05) is 35.2 Å². The van der Waals surface area contributed by atoms with Gasteiger partial charge in [-0.3, -0.25) is 5.32 Å². The molecule has 2 heterocycles. The van der Waals surface area contributed by atoms with Gasteiger partial charge in [-0.15, -0.1) is 10.2 Å². The SMILES string of the molecule is CCOc1ccc(NC(=O)Nc2nnc(N3CCCCC3)s2)cc1. The van der Waals surface area contributed by atoms with Crippen LogP contribution in [0.15, 0.2) is 24.3 Å². The van der Waals surface area contributed by atoms with Crippen molar-refractivity contribution >= 4 is 33.3 Å². The largest absolute Gasteiger partial charge is 0.494 e. The molecule has 1 aromatic heterocycles. The summed E-state index contributed by atoms with van der Waals surface area (Å²) >= 11 is 1.40. The maximum absolute atomic E-state index is 12.0. The molecule has 3 rings (SSSR count). The lowest BCUT2D eigenvalue weighted by Crippen LogP contribution is -2.29. The fourth-order valence-corrected chi connectivity index (χ4v) is 3.33. The van der Waals surface area contributed by atoms with Crippen LogP contribution in [-0.2, 0) is 0 Å². The molecule has 2 amide bonds. The van der Waals surface area contributed by atoms with Gasteiger partial charge in [0.25, 0.3) is 0 Å². The normalized spacial score (nSPS) is 14.3. The average molecular weight is 347 g/mol. The van der Waals surface area contributed by atoms with Crippen molar-refractivity contribution in [3.05, 3.63) is 24.3 Å². The van der Waals surface area contributed by atoms with Gasteiger partial charge >= 0.3 is 6.03 Å². The third kappa shape index (κ3) is 4.35. The Kier molecular flexibility index (Phi) is 5.47. The zero-order chi connectivity index (χ0) is 16.8. The van der Waals surface area contributed by atoms with Crippen LogP contribution in [0.3, 0.4) is 0 Å². The highest BCUT2D eigenvalue weighted by molar-refractivity contribution is 7.19. The van der Waals surface area contributed by atoms with E-state index in [2.05, 4.69) is 25.7 Å². The van der Waals surface area contributed by atoms with Crippen molar-refractivity contribution in [3.63, 3.8) is 0 Å². The van der Waals surface area contributed by atoms with Crippen LogP contribution in [0.2, 0.25) is 0 Å². The van der Waals surface area contributed by atoms with Gasteiger partial charge in [-0.1, -0.05) is 11.3 Å². The van der Waals surface area contributed by atoms with E-state index in [-0.39, 0.29) is 6.03 Å². The molecule has 2 aromatic rings. The second-order valence-electron chi connectivity index (χ2n) is 5.47. The monoisotopic (exact) mass is 347 g/mol. The van der Waals surface area contributed by atoms with Crippen molar-refractivity contribution in [2.24, 2.45) is 0 Å². The summed E-state index contributed by atoms with van der Waals surface area (Å²) < 4.78 is 5.37. The highest BCUT2D eigenvalue weighted by atomic mass is 32.1. The molecular formula is C16H21N5O2S. The van der Waals surface area contributed by atoms with Crippen LogP contribution in [0.4, 0.5) is 20.7 Å². The van der Waals surface area contributed by atoms with Crippen LogP contribution >= 0.6 is 11.3 Å². The molecule has 0 radical (unpaired) electrons. The first kappa shape index (κ1) is 16.5. The molecule has 1 aliphatic rings. The van der Waals surface area contributed by atoms with Gasteiger partial charge in [0, 0.05) is 18.8 Å². The number of benzene rings is 1. The zero-order valence-electron chi connectivity index (χ0n) is 13.6. The van der Waals surface area contributed by atoms with Gasteiger partial charge in [0.1, 0.15) is 5.75 Å². The van der Waals surface area contributed by atoms with Gasteiger partial charge in [0.05, 0.1) is 6.61 Å². The maximum Gasteiger partial charge on any atom is 0.325 e. The third-order valence-corrected chi connectivity index (χ3v) is 4.58. The van der Waals surface area contributed by atoms with Crippen molar-refractivity contribution in [1.29, 1.82) is 0 Å². The van der Waals surface area contributed by atoms with Crippen molar-refractivity contribution in [1.82, 2.24) is 10.2 Å². The summed E-state index contributed by atoms with van der Waals surface area (Å²) in [6.07, 6.45) is 3.63. The number of aromatic nitrogens is 2. The Hall–Kier alpha value is -2.35. The molecule has 7 nitrogen and oxygen atoms in total. The first-order valence-corrected chi connectivity index (χ1v) is 8.95. The molecule has 8 heteroatoms. The molecule has 1 fully saturated rings. The Morgan fingerprint density at radius 2 is 1.92 bits per heavy atom. The predicted octanol–water partition coefficient (Wildman–Crippen LogP) is 3.57. The molecular weight excluding hydrogens is 326 g/mol. The summed E-state index contributed by atoms with van der Waals surface area (Å²) in [5.41, 5.74) is 0.691. The van der Waals surface area contributed by atoms with Gasteiger partial charge in [-0.25, -0.2) is 4.79 Å². The van der Waals surface area contributed by atoms with E-state index in [1.54, 1.807) is 12.1 Å². The number of carbonyl (C=O) groups is 1. The van der Waals surface area contributed by atoms with E-state index in [9.17, 15) is 4.79 Å². The number of hydrogen-bond donors (Lipinski definition) is 2. The lowest BCUT2D eigenvalue weighted by Gasteiger charge is -2.25. The summed E-state index contributed by atoms with van der Waals surface area (Å²) in [7, 11) is 0. The Labute approximate surface area is 145 Å². The lowest BCUT2D eigenvalue weighted by atomic mass is 10.1. The third-order valence-electron chi connectivity index (χ3n) is 3.68. The highest BCUT2D eigenvalue weighted by Gasteiger charge is 2.16. The van der Waals surface area contributed by atoms with Crippen LogP contribution in [0.1, 0.15) is 26.2 Å². The molecule has 1 aromatic carbocycles. The van der Waals surface area contributed by atoms with Gasteiger partial charge in [0.15, 0.2) is 0 Å². The van der Waals surface area contributed by atoms with Gasteiger partial charge < -0.3 is 15.0 Å². The number of ether oxygens (including phenoxy) is 1. The van der Waals surface area contributed by atoms with Crippen LogP contribution < -0.4 is 20.3 Å². The van der Waals surface area contributed by atoms with E-state index in [1.807, 2.05) is 19.1 Å². The molecule has 0 atom stereocenters. The van der Waals surface area contributed by atoms with E-state index >= 15 is 0 Å². The fourth-order valence-electron chi connectivity index (χ4n) is 2.54. The van der Waals surface area contributed by atoms with Crippen molar-refractivity contribution in [2.45, 2.75) is 26.2 Å². The van der Waals surface area contributed by atoms with Gasteiger partial charge in [0.2, 0.25) is 10.3 Å². The molecule has 1 aliphatic heterocycles. The second kappa shape index (κ2) is 7.96. The Balaban J connectivity index is 1.53. The molecule has 24 heavy (non-hydrogen) atoms. The summed E-state index contributed by atoms with van der Waals surface area (Å²) in [6, 6.07) is 6.89. The molecule has 128 valence electrons. The van der Waals surface area contributed by atoms with E-state index in [1.165, 1.54) is 30.6 Å².